The molecule has 0 unspecified atom stereocenters. The van der Waals surface area contributed by atoms with Crippen molar-refractivity contribution in [1.82, 2.24) is 4.72 Å². The first-order valence-corrected chi connectivity index (χ1v) is 9.63. The topological polar surface area (TPSA) is 55.4 Å². The van der Waals surface area contributed by atoms with E-state index in [2.05, 4.69) is 4.72 Å². The highest BCUT2D eigenvalue weighted by atomic mass is 32.2. The fraction of sp³-hybridized carbons (Fsp3) is 0.444. The van der Waals surface area contributed by atoms with Gasteiger partial charge < -0.3 is 4.74 Å². The lowest BCUT2D eigenvalue weighted by Crippen LogP contribution is -2.38. The van der Waals surface area contributed by atoms with Gasteiger partial charge in [-0.15, -0.1) is 0 Å². The van der Waals surface area contributed by atoms with Crippen LogP contribution in [0.25, 0.3) is 10.8 Å². The van der Waals surface area contributed by atoms with Gasteiger partial charge in [-0.2, -0.15) is 0 Å². The Morgan fingerprint density at radius 3 is 2.52 bits per heavy atom. The van der Waals surface area contributed by atoms with Crippen LogP contribution in [0.2, 0.25) is 0 Å². The van der Waals surface area contributed by atoms with E-state index in [-0.39, 0.29) is 6.04 Å². The Labute approximate surface area is 136 Å². The number of ether oxygens (including phenoxy) is 1. The molecular weight excluding hydrogens is 310 g/mol. The molecule has 5 heteroatoms. The molecule has 0 saturated heterocycles. The van der Waals surface area contributed by atoms with E-state index in [1.807, 2.05) is 24.3 Å². The third-order valence-electron chi connectivity index (χ3n) is 5.37. The Balaban J connectivity index is 1.62. The van der Waals surface area contributed by atoms with Crippen molar-refractivity contribution in [2.75, 3.05) is 7.11 Å². The highest BCUT2D eigenvalue weighted by molar-refractivity contribution is 7.89. The smallest absolute Gasteiger partial charge is 0.240 e. The summed E-state index contributed by atoms with van der Waals surface area (Å²) in [5.41, 5.74) is 0. The molecule has 2 aliphatic rings. The Morgan fingerprint density at radius 1 is 1.04 bits per heavy atom. The largest absolute Gasteiger partial charge is 0.497 e. The van der Waals surface area contributed by atoms with Gasteiger partial charge in [0.1, 0.15) is 5.75 Å². The molecule has 0 heterocycles. The maximum atomic E-state index is 12.7. The summed E-state index contributed by atoms with van der Waals surface area (Å²) in [5, 5.41) is 1.88. The molecule has 2 aromatic rings. The molecule has 2 fully saturated rings. The molecular formula is C18H21NO3S. The second kappa shape index (κ2) is 5.49. The van der Waals surface area contributed by atoms with E-state index in [4.69, 9.17) is 4.74 Å². The third-order valence-corrected chi connectivity index (χ3v) is 6.86. The lowest BCUT2D eigenvalue weighted by Gasteiger charge is -2.22. The fourth-order valence-corrected chi connectivity index (χ4v) is 5.51. The van der Waals surface area contributed by atoms with Crippen LogP contribution in [0.1, 0.15) is 25.7 Å². The van der Waals surface area contributed by atoms with Crippen molar-refractivity contribution in [2.24, 2.45) is 11.8 Å². The van der Waals surface area contributed by atoms with Crippen molar-refractivity contribution < 1.29 is 13.2 Å². The molecule has 2 aromatic carbocycles. The number of benzene rings is 2. The molecule has 2 aliphatic carbocycles. The zero-order chi connectivity index (χ0) is 16.0. The molecule has 4 nitrogen and oxygen atoms in total. The van der Waals surface area contributed by atoms with Gasteiger partial charge in [0.05, 0.1) is 12.0 Å². The number of sulfonamides is 1. The predicted molar refractivity (Wildman–Crippen MR) is 90.1 cm³/mol. The minimum absolute atomic E-state index is 0.116. The van der Waals surface area contributed by atoms with E-state index < -0.39 is 10.0 Å². The highest BCUT2D eigenvalue weighted by Gasteiger charge is 2.41. The summed E-state index contributed by atoms with van der Waals surface area (Å²) in [4.78, 5) is 0.345. The van der Waals surface area contributed by atoms with Gasteiger partial charge in [0.15, 0.2) is 0 Å². The van der Waals surface area contributed by atoms with E-state index >= 15 is 0 Å². The van der Waals surface area contributed by atoms with Crippen LogP contribution in [0.15, 0.2) is 41.3 Å². The van der Waals surface area contributed by atoms with Crippen molar-refractivity contribution in [3.05, 3.63) is 36.4 Å². The summed E-state index contributed by atoms with van der Waals surface area (Å²) in [6.45, 7) is 0. The van der Waals surface area contributed by atoms with Crippen molar-refractivity contribution in [1.29, 1.82) is 0 Å². The minimum Gasteiger partial charge on any atom is -0.497 e. The molecule has 1 N–H and O–H groups in total. The first kappa shape index (κ1) is 15.0. The summed E-state index contributed by atoms with van der Waals surface area (Å²) in [6, 6.07) is 11.0. The molecule has 23 heavy (non-hydrogen) atoms. The Morgan fingerprint density at radius 2 is 1.83 bits per heavy atom. The zero-order valence-electron chi connectivity index (χ0n) is 13.2. The first-order chi connectivity index (χ1) is 11.0. The second-order valence-corrected chi connectivity index (χ2v) is 8.49. The number of fused-ring (bicyclic) bond motifs is 3. The maximum absolute atomic E-state index is 12.7. The van der Waals surface area contributed by atoms with Gasteiger partial charge in [-0.05, 0) is 66.1 Å². The van der Waals surface area contributed by atoms with Crippen LogP contribution in [0, 0.1) is 11.8 Å². The quantitative estimate of drug-likeness (QED) is 0.935. The number of nitrogens with one attached hydrogen (secondary N) is 1. The molecule has 2 saturated carbocycles. The van der Waals surface area contributed by atoms with Gasteiger partial charge in [0.25, 0.3) is 0 Å². The van der Waals surface area contributed by atoms with Crippen LogP contribution < -0.4 is 9.46 Å². The Kier molecular flexibility index (Phi) is 3.58. The van der Waals surface area contributed by atoms with Crippen molar-refractivity contribution in [3.8, 4) is 5.75 Å². The highest BCUT2D eigenvalue weighted by Crippen LogP contribution is 2.44. The van der Waals surface area contributed by atoms with Gasteiger partial charge in [-0.25, -0.2) is 13.1 Å². The zero-order valence-corrected chi connectivity index (χ0v) is 14.0. The van der Waals surface area contributed by atoms with E-state index in [0.717, 1.165) is 35.3 Å². The van der Waals surface area contributed by atoms with Crippen molar-refractivity contribution in [2.45, 2.75) is 36.6 Å². The van der Waals surface area contributed by atoms with E-state index in [0.29, 0.717) is 10.8 Å². The average molecular weight is 331 g/mol. The van der Waals surface area contributed by atoms with Gasteiger partial charge in [-0.1, -0.05) is 18.6 Å². The van der Waals surface area contributed by atoms with Crippen LogP contribution in [-0.2, 0) is 10.0 Å². The van der Waals surface area contributed by atoms with Crippen LogP contribution in [-0.4, -0.2) is 21.6 Å². The SMILES string of the molecule is COc1ccc2cc(S(=O)(=O)N[C@@H]3C[C@H]4CC[C@@H]3C4)ccc2c1. The second-order valence-electron chi connectivity index (χ2n) is 6.78. The molecule has 0 amide bonds. The summed E-state index contributed by atoms with van der Waals surface area (Å²) >= 11 is 0. The normalized spacial score (nSPS) is 26.7. The molecule has 0 spiro atoms. The minimum atomic E-state index is -3.45. The molecule has 0 aromatic heterocycles. The Bertz CT molecular complexity index is 846. The standard InChI is InChI=1S/C18H21NO3S/c1-22-16-6-4-14-11-17(7-5-13(14)10-16)23(20,21)19-18-9-12-2-3-15(18)8-12/h4-7,10-12,15,18-19H,2-3,8-9H2,1H3/t12-,15+,18+/m0/s1. The van der Waals surface area contributed by atoms with Gasteiger partial charge in [0.2, 0.25) is 10.0 Å². The van der Waals surface area contributed by atoms with Crippen LogP contribution in [0.3, 0.4) is 0 Å². The monoisotopic (exact) mass is 331 g/mol. The van der Waals surface area contributed by atoms with Crippen LogP contribution >= 0.6 is 0 Å². The third kappa shape index (κ3) is 2.72. The van der Waals surface area contributed by atoms with Gasteiger partial charge in [-0.3, -0.25) is 0 Å². The summed E-state index contributed by atoms with van der Waals surface area (Å²) in [5.74, 6) is 2.02. The molecule has 3 atom stereocenters. The summed E-state index contributed by atoms with van der Waals surface area (Å²) in [7, 11) is -1.83. The number of methoxy groups -OCH3 is 1. The molecule has 0 radical (unpaired) electrons. The lowest BCUT2D eigenvalue weighted by atomic mass is 9.96. The molecule has 2 bridgehead atoms. The van der Waals surface area contributed by atoms with Crippen molar-refractivity contribution >= 4 is 20.8 Å². The number of hydrogen-bond acceptors (Lipinski definition) is 3. The Hall–Kier alpha value is -1.59. The predicted octanol–water partition coefficient (Wildman–Crippen LogP) is 3.32. The molecule has 4 rings (SSSR count). The lowest BCUT2D eigenvalue weighted by molar-refractivity contribution is 0.390. The van der Waals surface area contributed by atoms with Gasteiger partial charge in [0, 0.05) is 6.04 Å². The van der Waals surface area contributed by atoms with Gasteiger partial charge >= 0.3 is 0 Å². The van der Waals surface area contributed by atoms with E-state index in [1.54, 1.807) is 19.2 Å². The number of hydrogen-bond donors (Lipinski definition) is 1. The fourth-order valence-electron chi connectivity index (χ4n) is 4.15. The average Bonchev–Trinajstić information content (AvgIpc) is 3.16. The molecule has 122 valence electrons. The maximum Gasteiger partial charge on any atom is 0.240 e. The van der Waals surface area contributed by atoms with Crippen molar-refractivity contribution in [3.63, 3.8) is 0 Å². The summed E-state index contributed by atoms with van der Waals surface area (Å²) < 4.78 is 33.5. The summed E-state index contributed by atoms with van der Waals surface area (Å²) in [6.07, 6.45) is 4.61. The number of rotatable bonds is 4. The first-order valence-electron chi connectivity index (χ1n) is 8.15. The van der Waals surface area contributed by atoms with E-state index in [1.165, 1.54) is 12.8 Å². The van der Waals surface area contributed by atoms with Crippen LogP contribution in [0.5, 0.6) is 5.75 Å². The van der Waals surface area contributed by atoms with E-state index in [9.17, 15) is 8.42 Å². The molecule has 0 aliphatic heterocycles. The van der Waals surface area contributed by atoms with Crippen LogP contribution in [0.4, 0.5) is 0 Å².